The number of esters is 3. The van der Waals surface area contributed by atoms with E-state index in [1.165, 1.54) is 38.3 Å². The molecule has 178 valence electrons. The summed E-state index contributed by atoms with van der Waals surface area (Å²) in [7, 11) is 1.25. The Bertz CT molecular complexity index is 944. The molecule has 0 saturated carbocycles. The van der Waals surface area contributed by atoms with E-state index >= 15 is 0 Å². The zero-order chi connectivity index (χ0) is 24.3. The molecule has 2 fully saturated rings. The molecule has 12 heteroatoms. The van der Waals surface area contributed by atoms with Crippen LogP contribution in [0.2, 0.25) is 0 Å². The number of amides is 2. The van der Waals surface area contributed by atoms with Gasteiger partial charge in [0, 0.05) is 20.8 Å². The Morgan fingerprint density at radius 3 is 2.24 bits per heavy atom. The molecule has 33 heavy (non-hydrogen) atoms. The van der Waals surface area contributed by atoms with Gasteiger partial charge < -0.3 is 28.4 Å². The smallest absolute Gasteiger partial charge is 0.417 e. The molecule has 0 aromatic heterocycles. The number of rotatable bonds is 6. The fraction of sp³-hybridized carbons (Fsp3) is 0.476. The molecule has 1 unspecified atom stereocenters. The number of nitrogens with zero attached hydrogens (tertiary/aromatic N) is 1. The molecule has 1 aromatic carbocycles. The van der Waals surface area contributed by atoms with Crippen LogP contribution in [0, 0.1) is 0 Å². The lowest BCUT2D eigenvalue weighted by Gasteiger charge is -2.42. The van der Waals surface area contributed by atoms with Gasteiger partial charge >= 0.3 is 24.0 Å². The highest BCUT2D eigenvalue weighted by molar-refractivity contribution is 5.92. The highest BCUT2D eigenvalue weighted by Gasteiger charge is 2.60. The molecular formula is C21H23NO11. The monoisotopic (exact) mass is 465 g/mol. The Hall–Kier alpha value is -3.67. The van der Waals surface area contributed by atoms with Gasteiger partial charge in [-0.2, -0.15) is 0 Å². The highest BCUT2D eigenvalue weighted by atomic mass is 16.7. The van der Waals surface area contributed by atoms with Crippen molar-refractivity contribution in [1.29, 1.82) is 0 Å². The third kappa shape index (κ3) is 5.22. The van der Waals surface area contributed by atoms with Crippen LogP contribution in [-0.4, -0.2) is 79.2 Å². The van der Waals surface area contributed by atoms with E-state index in [9.17, 15) is 24.0 Å². The molecule has 2 aliphatic rings. The van der Waals surface area contributed by atoms with Crippen LogP contribution in [0.25, 0.3) is 0 Å². The van der Waals surface area contributed by atoms with Gasteiger partial charge in [0.2, 0.25) is 12.2 Å². The number of carbonyl (C=O) groups is 5. The number of fused-ring (bicyclic) bond motifs is 1. The molecule has 0 bridgehead atoms. The number of ether oxygens (including phenoxy) is 6. The van der Waals surface area contributed by atoms with Crippen molar-refractivity contribution in [2.45, 2.75) is 51.4 Å². The fourth-order valence-corrected chi connectivity index (χ4v) is 3.62. The number of hydrogen-bond donors (Lipinski definition) is 0. The lowest BCUT2D eigenvalue weighted by Crippen LogP contribution is -2.63. The van der Waals surface area contributed by atoms with E-state index in [0.29, 0.717) is 0 Å². The van der Waals surface area contributed by atoms with Crippen LogP contribution in [0.1, 0.15) is 31.1 Å². The second-order valence-corrected chi connectivity index (χ2v) is 7.28. The molecule has 0 N–H and O–H groups in total. The van der Waals surface area contributed by atoms with E-state index in [-0.39, 0.29) is 17.9 Å². The molecule has 0 spiro atoms. The summed E-state index contributed by atoms with van der Waals surface area (Å²) in [5.41, 5.74) is 0.277. The van der Waals surface area contributed by atoms with E-state index in [1.54, 1.807) is 0 Å². The van der Waals surface area contributed by atoms with Crippen molar-refractivity contribution in [3.63, 3.8) is 0 Å². The van der Waals surface area contributed by atoms with Gasteiger partial charge in [-0.15, -0.1) is 0 Å². The first-order valence-electron chi connectivity index (χ1n) is 9.94. The topological polar surface area (TPSA) is 144 Å². The van der Waals surface area contributed by atoms with Crippen LogP contribution in [0.3, 0.4) is 0 Å². The first-order valence-corrected chi connectivity index (χ1v) is 9.94. The summed E-state index contributed by atoms with van der Waals surface area (Å²) in [4.78, 5) is 60.1. The van der Waals surface area contributed by atoms with Crippen molar-refractivity contribution in [2.75, 3.05) is 13.7 Å². The van der Waals surface area contributed by atoms with E-state index in [0.717, 1.165) is 18.7 Å². The molecule has 5 atom stereocenters. The highest BCUT2D eigenvalue weighted by Crippen LogP contribution is 2.36. The van der Waals surface area contributed by atoms with Crippen LogP contribution >= 0.6 is 0 Å². The Morgan fingerprint density at radius 1 is 1.03 bits per heavy atom. The van der Waals surface area contributed by atoms with E-state index in [2.05, 4.69) is 4.74 Å². The summed E-state index contributed by atoms with van der Waals surface area (Å²) in [5, 5.41) is 0. The van der Waals surface area contributed by atoms with Crippen molar-refractivity contribution < 1.29 is 52.4 Å². The maximum absolute atomic E-state index is 12.4. The molecule has 2 aliphatic heterocycles. The maximum Gasteiger partial charge on any atom is 0.417 e. The predicted octanol–water partition coefficient (Wildman–Crippen LogP) is 0.808. The number of benzene rings is 1. The van der Waals surface area contributed by atoms with Crippen molar-refractivity contribution >= 4 is 29.9 Å². The van der Waals surface area contributed by atoms with Gasteiger partial charge in [0.25, 0.3) is 0 Å². The average molecular weight is 465 g/mol. The molecule has 3 rings (SSSR count). The average Bonchev–Trinajstić information content (AvgIpc) is 3.11. The van der Waals surface area contributed by atoms with Crippen LogP contribution in [0.4, 0.5) is 4.79 Å². The number of imide groups is 1. The Morgan fingerprint density at radius 2 is 1.70 bits per heavy atom. The predicted molar refractivity (Wildman–Crippen MR) is 106 cm³/mol. The fourth-order valence-electron chi connectivity index (χ4n) is 3.62. The number of methoxy groups -OCH3 is 1. The lowest BCUT2D eigenvalue weighted by atomic mass is 9.96. The Labute approximate surface area is 188 Å². The minimum absolute atomic E-state index is 0.242. The largest absolute Gasteiger partial charge is 0.465 e. The van der Waals surface area contributed by atoms with Crippen LogP contribution in [-0.2, 0) is 38.1 Å². The zero-order valence-electron chi connectivity index (χ0n) is 18.3. The van der Waals surface area contributed by atoms with E-state index < -0.39 is 60.6 Å². The van der Waals surface area contributed by atoms with E-state index in [4.69, 9.17) is 23.7 Å². The second kappa shape index (κ2) is 9.86. The SMILES string of the molecule is COC(=O)c1ccc(OC2O[C@H](COC(C)=O)[C@H](OC(C)=O)[C@@H]3OC(=O)N(C(C)=O)[C@@H]23)cc1. The standard InChI is InChI=1S/C21H23NO11/c1-10(23)22-16-18(33-21(22)27)17(30-12(3)25)15(9-29-11(2)24)32-20(16)31-14-7-5-13(6-8-14)19(26)28-4/h5-8,15-18,20H,9H2,1-4H3/t15-,16-,17+,18-,20?/m1/s1. The van der Waals surface area contributed by atoms with Gasteiger partial charge in [0.15, 0.2) is 12.2 Å². The lowest BCUT2D eigenvalue weighted by molar-refractivity contribution is -0.247. The quantitative estimate of drug-likeness (QED) is 0.435. The van der Waals surface area contributed by atoms with Gasteiger partial charge in [-0.3, -0.25) is 14.4 Å². The molecular weight excluding hydrogens is 442 g/mol. The van der Waals surface area contributed by atoms with Crippen molar-refractivity contribution in [1.82, 2.24) is 4.90 Å². The minimum atomic E-state index is -1.26. The Balaban J connectivity index is 1.93. The first kappa shape index (κ1) is 24.0. The van der Waals surface area contributed by atoms with Gasteiger partial charge in [-0.05, 0) is 24.3 Å². The van der Waals surface area contributed by atoms with Crippen LogP contribution in [0.15, 0.2) is 24.3 Å². The van der Waals surface area contributed by atoms with Gasteiger partial charge in [0.05, 0.1) is 12.7 Å². The van der Waals surface area contributed by atoms with Crippen molar-refractivity contribution in [3.05, 3.63) is 29.8 Å². The normalized spacial score (nSPS) is 26.0. The maximum atomic E-state index is 12.4. The van der Waals surface area contributed by atoms with Crippen molar-refractivity contribution in [3.8, 4) is 5.75 Å². The summed E-state index contributed by atoms with van der Waals surface area (Å²) >= 11 is 0. The van der Waals surface area contributed by atoms with Gasteiger partial charge in [-0.1, -0.05) is 0 Å². The van der Waals surface area contributed by atoms with E-state index in [1.807, 2.05) is 0 Å². The summed E-state index contributed by atoms with van der Waals surface area (Å²) in [6, 6.07) is 4.75. The summed E-state index contributed by atoms with van der Waals surface area (Å²) in [5.74, 6) is -2.23. The van der Waals surface area contributed by atoms with Crippen LogP contribution < -0.4 is 4.74 Å². The van der Waals surface area contributed by atoms with Crippen molar-refractivity contribution in [2.24, 2.45) is 0 Å². The minimum Gasteiger partial charge on any atom is -0.465 e. The second-order valence-electron chi connectivity index (χ2n) is 7.28. The summed E-state index contributed by atoms with van der Waals surface area (Å²) in [6.45, 7) is 3.19. The number of carbonyl (C=O) groups excluding carboxylic acids is 5. The number of hydrogen-bond acceptors (Lipinski definition) is 11. The van der Waals surface area contributed by atoms with Gasteiger partial charge in [-0.25, -0.2) is 14.5 Å². The summed E-state index contributed by atoms with van der Waals surface area (Å²) < 4.78 is 32.1. The Kier molecular flexibility index (Phi) is 7.16. The molecule has 0 aliphatic carbocycles. The molecule has 12 nitrogen and oxygen atoms in total. The molecule has 2 heterocycles. The van der Waals surface area contributed by atoms with Crippen LogP contribution in [0.5, 0.6) is 5.75 Å². The molecule has 1 aromatic rings. The molecule has 2 amide bonds. The first-order chi connectivity index (χ1) is 15.6. The third-order valence-corrected chi connectivity index (χ3v) is 4.97. The molecule has 2 saturated heterocycles. The summed E-state index contributed by atoms with van der Waals surface area (Å²) in [6.07, 6.45) is -5.58. The third-order valence-electron chi connectivity index (χ3n) is 4.97. The zero-order valence-corrected chi connectivity index (χ0v) is 18.3. The van der Waals surface area contributed by atoms with Gasteiger partial charge in [0.1, 0.15) is 24.5 Å². The molecule has 0 radical (unpaired) electrons.